The van der Waals surface area contributed by atoms with E-state index in [4.69, 9.17) is 9.47 Å². The molecule has 6 heteroatoms. The zero-order valence-corrected chi connectivity index (χ0v) is 22.9. The minimum absolute atomic E-state index is 0.0512. The lowest BCUT2D eigenvalue weighted by atomic mass is 9.87. The first-order valence-corrected chi connectivity index (χ1v) is 13.5. The highest BCUT2D eigenvalue weighted by Gasteiger charge is 2.25. The first-order valence-electron chi connectivity index (χ1n) is 12.1. The van der Waals surface area contributed by atoms with Gasteiger partial charge >= 0.3 is 0 Å². The van der Waals surface area contributed by atoms with E-state index in [-0.39, 0.29) is 5.41 Å². The second kappa shape index (κ2) is 11.8. The Morgan fingerprint density at radius 3 is 2.11 bits per heavy atom. The molecule has 0 atom stereocenters. The van der Waals surface area contributed by atoms with E-state index in [1.165, 1.54) is 0 Å². The number of hydrogen-bond acceptors (Lipinski definition) is 4. The number of sulfonamides is 1. The second-order valence-corrected chi connectivity index (χ2v) is 11.9. The molecule has 0 spiro atoms. The Morgan fingerprint density at radius 1 is 0.889 bits per heavy atom. The van der Waals surface area contributed by atoms with Gasteiger partial charge in [0.15, 0.2) is 11.5 Å². The van der Waals surface area contributed by atoms with Crippen LogP contribution in [0, 0.1) is 0 Å². The van der Waals surface area contributed by atoms with Gasteiger partial charge in [-0.2, -0.15) is 4.31 Å². The molecule has 36 heavy (non-hydrogen) atoms. The molecule has 0 aromatic heterocycles. The van der Waals surface area contributed by atoms with Crippen LogP contribution < -0.4 is 9.47 Å². The highest BCUT2D eigenvalue weighted by Crippen LogP contribution is 2.29. The zero-order chi connectivity index (χ0) is 26.3. The van der Waals surface area contributed by atoms with E-state index in [9.17, 15) is 8.42 Å². The van der Waals surface area contributed by atoms with Crippen molar-refractivity contribution in [2.24, 2.45) is 0 Å². The number of methoxy groups -OCH3 is 2. The van der Waals surface area contributed by atoms with Crippen LogP contribution in [0.4, 0.5) is 0 Å². The summed E-state index contributed by atoms with van der Waals surface area (Å²) in [5.41, 5.74) is 4.02. The molecular weight excluding hydrogens is 470 g/mol. The molecule has 3 aromatic carbocycles. The molecular formula is C30H37NO4S. The Bertz CT molecular complexity index is 1270. The van der Waals surface area contributed by atoms with Crippen molar-refractivity contribution in [1.82, 2.24) is 4.31 Å². The highest BCUT2D eigenvalue weighted by molar-refractivity contribution is 7.89. The topological polar surface area (TPSA) is 55.8 Å². The van der Waals surface area contributed by atoms with Gasteiger partial charge in [-0.3, -0.25) is 0 Å². The molecule has 0 aliphatic carbocycles. The maximum Gasteiger partial charge on any atom is 0.243 e. The number of ether oxygens (including phenoxy) is 2. The molecule has 0 bridgehead atoms. The summed E-state index contributed by atoms with van der Waals surface area (Å²) in [5.74, 6) is 1.27. The van der Waals surface area contributed by atoms with Gasteiger partial charge in [-0.25, -0.2) is 8.42 Å². The van der Waals surface area contributed by atoms with Gasteiger partial charge in [0.25, 0.3) is 0 Å². The van der Waals surface area contributed by atoms with Crippen LogP contribution in [0.25, 0.3) is 6.08 Å². The molecule has 0 N–H and O–H groups in total. The maximum atomic E-state index is 13.8. The van der Waals surface area contributed by atoms with Crippen molar-refractivity contribution in [2.75, 3.05) is 27.3 Å². The van der Waals surface area contributed by atoms with Gasteiger partial charge in [0.2, 0.25) is 10.0 Å². The predicted octanol–water partition coefficient (Wildman–Crippen LogP) is 6.34. The SMILES string of the molecule is COc1ccc(CCN(CC(C)=Cc2ccccc2)S(=O)(=O)c2ccc(C(C)(C)C)cc2)cc1OC. The molecule has 0 amide bonds. The maximum absolute atomic E-state index is 13.8. The molecule has 0 aliphatic heterocycles. The van der Waals surface area contributed by atoms with Crippen LogP contribution in [0.1, 0.15) is 44.4 Å². The fourth-order valence-electron chi connectivity index (χ4n) is 4.01. The normalized spacial score (nSPS) is 12.6. The molecule has 0 radical (unpaired) electrons. The lowest BCUT2D eigenvalue weighted by Crippen LogP contribution is -2.34. The Balaban J connectivity index is 1.91. The molecule has 3 aromatic rings. The fourth-order valence-corrected chi connectivity index (χ4v) is 5.49. The van der Waals surface area contributed by atoms with Crippen molar-refractivity contribution in [2.45, 2.75) is 44.4 Å². The van der Waals surface area contributed by atoms with Gasteiger partial charge in [-0.1, -0.05) is 81.0 Å². The van der Waals surface area contributed by atoms with E-state index in [0.29, 0.717) is 35.9 Å². The fraction of sp³-hybridized carbons (Fsp3) is 0.333. The Kier molecular flexibility index (Phi) is 8.98. The molecule has 5 nitrogen and oxygen atoms in total. The first-order chi connectivity index (χ1) is 17.0. The van der Waals surface area contributed by atoms with Gasteiger partial charge in [-0.15, -0.1) is 0 Å². The Morgan fingerprint density at radius 2 is 1.53 bits per heavy atom. The molecule has 3 rings (SSSR count). The summed E-state index contributed by atoms with van der Waals surface area (Å²) in [6.45, 7) is 8.94. The summed E-state index contributed by atoms with van der Waals surface area (Å²) in [7, 11) is -0.522. The quantitative estimate of drug-likeness (QED) is 0.321. The van der Waals surface area contributed by atoms with E-state index in [0.717, 1.165) is 22.3 Å². The lowest BCUT2D eigenvalue weighted by Gasteiger charge is -2.24. The smallest absolute Gasteiger partial charge is 0.243 e. The van der Waals surface area contributed by atoms with E-state index in [1.54, 1.807) is 30.7 Å². The van der Waals surface area contributed by atoms with E-state index < -0.39 is 10.0 Å². The number of rotatable bonds is 10. The van der Waals surface area contributed by atoms with Crippen molar-refractivity contribution in [1.29, 1.82) is 0 Å². The number of nitrogens with zero attached hydrogens (tertiary/aromatic N) is 1. The average molecular weight is 508 g/mol. The third-order valence-corrected chi connectivity index (χ3v) is 7.95. The molecule has 192 valence electrons. The Labute approximate surface area is 216 Å². The first kappa shape index (κ1) is 27.5. The third-order valence-electron chi connectivity index (χ3n) is 6.09. The van der Waals surface area contributed by atoms with Crippen LogP contribution in [0.3, 0.4) is 0 Å². The van der Waals surface area contributed by atoms with Gasteiger partial charge in [0, 0.05) is 13.1 Å². The molecule has 0 aliphatic rings. The second-order valence-electron chi connectivity index (χ2n) is 9.95. The van der Waals surface area contributed by atoms with Crippen LogP contribution in [0.2, 0.25) is 0 Å². The summed E-state index contributed by atoms with van der Waals surface area (Å²) in [6, 6.07) is 22.9. The summed E-state index contributed by atoms with van der Waals surface area (Å²) >= 11 is 0. The van der Waals surface area contributed by atoms with Gasteiger partial charge in [0.05, 0.1) is 19.1 Å². The summed E-state index contributed by atoms with van der Waals surface area (Å²) in [6.07, 6.45) is 2.57. The van der Waals surface area contributed by atoms with Crippen LogP contribution in [-0.2, 0) is 21.9 Å². The van der Waals surface area contributed by atoms with Crippen molar-refractivity contribution in [3.8, 4) is 11.5 Å². The molecule has 0 saturated heterocycles. The lowest BCUT2D eigenvalue weighted by molar-refractivity contribution is 0.354. The van der Waals surface area contributed by atoms with Crippen molar-refractivity contribution in [3.05, 3.63) is 95.1 Å². The average Bonchev–Trinajstić information content (AvgIpc) is 2.86. The Hall–Kier alpha value is -3.09. The van der Waals surface area contributed by atoms with Crippen molar-refractivity contribution in [3.63, 3.8) is 0 Å². The van der Waals surface area contributed by atoms with E-state index >= 15 is 0 Å². The van der Waals surface area contributed by atoms with Crippen LogP contribution in [-0.4, -0.2) is 40.0 Å². The minimum atomic E-state index is -3.71. The van der Waals surface area contributed by atoms with E-state index in [1.807, 2.05) is 73.7 Å². The largest absolute Gasteiger partial charge is 0.493 e. The molecule has 0 saturated carbocycles. The van der Waals surface area contributed by atoms with Crippen molar-refractivity contribution < 1.29 is 17.9 Å². The monoisotopic (exact) mass is 507 g/mol. The zero-order valence-electron chi connectivity index (χ0n) is 22.1. The van der Waals surface area contributed by atoms with Gasteiger partial charge in [-0.05, 0) is 59.7 Å². The van der Waals surface area contributed by atoms with E-state index in [2.05, 4.69) is 20.8 Å². The summed E-state index contributed by atoms with van der Waals surface area (Å²) in [5, 5.41) is 0. The summed E-state index contributed by atoms with van der Waals surface area (Å²) < 4.78 is 39.9. The molecule has 0 heterocycles. The number of benzene rings is 3. The van der Waals surface area contributed by atoms with Gasteiger partial charge < -0.3 is 9.47 Å². The van der Waals surface area contributed by atoms with Crippen LogP contribution >= 0.6 is 0 Å². The third kappa shape index (κ3) is 6.99. The standard InChI is InChI=1S/C30H37NO4S/c1-23(20-24-10-8-7-9-11-24)22-31(19-18-25-12-17-28(34-5)29(21-25)35-6)36(32,33)27-15-13-26(14-16-27)30(2,3)4/h7-17,20-21H,18-19,22H2,1-6H3. The van der Waals surface area contributed by atoms with Crippen LogP contribution in [0.15, 0.2) is 83.3 Å². The predicted molar refractivity (Wildman–Crippen MR) is 147 cm³/mol. The minimum Gasteiger partial charge on any atom is -0.493 e. The number of hydrogen-bond donors (Lipinski definition) is 0. The summed E-state index contributed by atoms with van der Waals surface area (Å²) in [4.78, 5) is 0.301. The van der Waals surface area contributed by atoms with Crippen molar-refractivity contribution >= 4 is 16.1 Å². The molecule has 0 unspecified atom stereocenters. The highest BCUT2D eigenvalue weighted by atomic mass is 32.2. The van der Waals surface area contributed by atoms with Crippen LogP contribution in [0.5, 0.6) is 11.5 Å². The van der Waals surface area contributed by atoms with Gasteiger partial charge in [0.1, 0.15) is 0 Å². The molecule has 0 fully saturated rings.